The van der Waals surface area contributed by atoms with E-state index in [1.54, 1.807) is 0 Å². The number of piperidine rings is 1. The van der Waals surface area contributed by atoms with E-state index in [1.807, 2.05) is 41.5 Å². The highest BCUT2D eigenvalue weighted by Crippen LogP contribution is 2.22. The highest BCUT2D eigenvalue weighted by atomic mass is 16.5. The molecule has 6 nitrogen and oxygen atoms in total. The Hall–Kier alpha value is -2.37. The van der Waals surface area contributed by atoms with Crippen LogP contribution in [0.4, 0.5) is 0 Å². The summed E-state index contributed by atoms with van der Waals surface area (Å²) in [5.74, 6) is -0.288. The summed E-state index contributed by atoms with van der Waals surface area (Å²) in [5.41, 5.74) is 3.35. The summed E-state index contributed by atoms with van der Waals surface area (Å²) < 4.78 is 6.70. The van der Waals surface area contributed by atoms with Gasteiger partial charge in [0, 0.05) is 19.3 Å². The van der Waals surface area contributed by atoms with Crippen LogP contribution in [0.25, 0.3) is 5.65 Å². The Morgan fingerprint density at radius 3 is 2.62 bits per heavy atom. The van der Waals surface area contributed by atoms with Gasteiger partial charge in [-0.25, -0.2) is 4.98 Å². The number of pyridine rings is 1. The normalized spacial score (nSPS) is 15.7. The monoisotopic (exact) mass is 329 g/mol. The molecule has 0 spiro atoms. The lowest BCUT2D eigenvalue weighted by Crippen LogP contribution is -2.41. The summed E-state index contributed by atoms with van der Waals surface area (Å²) >= 11 is 0. The molecule has 1 fully saturated rings. The smallest absolute Gasteiger partial charge is 0.308 e. The maximum Gasteiger partial charge on any atom is 0.308 e. The summed E-state index contributed by atoms with van der Waals surface area (Å²) in [6.45, 7) is 5.15. The Kier molecular flexibility index (Phi) is 4.55. The molecule has 1 aliphatic rings. The number of aromatic nitrogens is 2. The van der Waals surface area contributed by atoms with Crippen molar-refractivity contribution in [3.8, 4) is 0 Å². The van der Waals surface area contributed by atoms with Crippen LogP contribution in [0.5, 0.6) is 0 Å². The Morgan fingerprint density at radius 1 is 1.29 bits per heavy atom. The van der Waals surface area contributed by atoms with Gasteiger partial charge in [-0.3, -0.25) is 14.0 Å². The molecule has 24 heavy (non-hydrogen) atoms. The van der Waals surface area contributed by atoms with Crippen molar-refractivity contribution in [1.82, 2.24) is 14.3 Å². The molecule has 1 amide bonds. The van der Waals surface area contributed by atoms with E-state index in [0.29, 0.717) is 38.0 Å². The minimum Gasteiger partial charge on any atom is -0.469 e. The molecule has 0 aliphatic carbocycles. The highest BCUT2D eigenvalue weighted by Gasteiger charge is 2.30. The highest BCUT2D eigenvalue weighted by molar-refractivity contribution is 5.95. The minimum absolute atomic E-state index is 0.00624. The first-order valence-electron chi connectivity index (χ1n) is 8.39. The predicted molar refractivity (Wildman–Crippen MR) is 90.0 cm³/mol. The van der Waals surface area contributed by atoms with Gasteiger partial charge in [-0.1, -0.05) is 13.0 Å². The van der Waals surface area contributed by atoms with Gasteiger partial charge in [-0.2, -0.15) is 0 Å². The molecule has 128 valence electrons. The quantitative estimate of drug-likeness (QED) is 0.810. The van der Waals surface area contributed by atoms with Crippen molar-refractivity contribution in [2.75, 3.05) is 20.2 Å². The number of hydrogen-bond acceptors (Lipinski definition) is 4. The predicted octanol–water partition coefficient (Wildman–Crippen LogP) is 2.23. The molecule has 2 aromatic rings. The van der Waals surface area contributed by atoms with Crippen LogP contribution in [0, 0.1) is 12.8 Å². The van der Waals surface area contributed by atoms with Gasteiger partial charge in [0.25, 0.3) is 5.91 Å². The molecule has 1 aliphatic heterocycles. The van der Waals surface area contributed by atoms with Crippen molar-refractivity contribution >= 4 is 17.5 Å². The molecule has 3 rings (SSSR count). The van der Waals surface area contributed by atoms with Crippen molar-refractivity contribution in [2.24, 2.45) is 5.92 Å². The molecule has 0 atom stereocenters. The van der Waals surface area contributed by atoms with Crippen molar-refractivity contribution in [2.45, 2.75) is 33.1 Å². The second-order valence-corrected chi connectivity index (χ2v) is 6.28. The molecule has 0 bridgehead atoms. The number of fused-ring (bicyclic) bond motifs is 1. The van der Waals surface area contributed by atoms with Gasteiger partial charge in [-0.05, 0) is 37.8 Å². The van der Waals surface area contributed by atoms with Gasteiger partial charge in [0.15, 0.2) is 0 Å². The fourth-order valence-electron chi connectivity index (χ4n) is 3.31. The molecule has 3 heterocycles. The van der Waals surface area contributed by atoms with Crippen molar-refractivity contribution < 1.29 is 14.3 Å². The van der Waals surface area contributed by atoms with Crippen LogP contribution in [0.15, 0.2) is 18.3 Å². The van der Waals surface area contributed by atoms with E-state index in [9.17, 15) is 9.59 Å². The lowest BCUT2D eigenvalue weighted by atomic mass is 9.96. The largest absolute Gasteiger partial charge is 0.469 e. The fraction of sp³-hybridized carbons (Fsp3) is 0.500. The third-order valence-corrected chi connectivity index (χ3v) is 4.69. The van der Waals surface area contributed by atoms with Crippen molar-refractivity contribution in [3.63, 3.8) is 0 Å². The Bertz CT molecular complexity index is 773. The minimum atomic E-state index is -0.179. The van der Waals surface area contributed by atoms with E-state index in [-0.39, 0.29) is 17.8 Å². The molecule has 0 radical (unpaired) electrons. The van der Waals surface area contributed by atoms with Crippen LogP contribution in [0.2, 0.25) is 0 Å². The summed E-state index contributed by atoms with van der Waals surface area (Å²) in [5, 5.41) is 0. The summed E-state index contributed by atoms with van der Waals surface area (Å²) in [6.07, 6.45) is 3.96. The van der Waals surface area contributed by atoms with Gasteiger partial charge in [0.1, 0.15) is 11.3 Å². The summed E-state index contributed by atoms with van der Waals surface area (Å²) in [6, 6.07) is 3.94. The van der Waals surface area contributed by atoms with Crippen LogP contribution in [-0.2, 0) is 16.0 Å². The third-order valence-electron chi connectivity index (χ3n) is 4.69. The molecule has 0 N–H and O–H groups in total. The number of aryl methyl sites for hydroxylation is 2. The SMILES string of the molecule is CCc1nc2ccc(C)cn2c1C(=O)N1CCC(C(=O)OC)CC1. The first-order valence-corrected chi connectivity index (χ1v) is 8.39. The number of hydrogen-bond donors (Lipinski definition) is 0. The number of likely N-dealkylation sites (tertiary alicyclic amines) is 1. The molecule has 1 saturated heterocycles. The van der Waals surface area contributed by atoms with E-state index >= 15 is 0 Å². The number of carbonyl (C=O) groups excluding carboxylic acids is 2. The average Bonchev–Trinajstić information content (AvgIpc) is 2.98. The van der Waals surface area contributed by atoms with Crippen LogP contribution in [0.3, 0.4) is 0 Å². The first-order chi connectivity index (χ1) is 11.5. The first kappa shape index (κ1) is 16.5. The molecule has 6 heteroatoms. The Labute approximate surface area is 141 Å². The van der Waals surface area contributed by atoms with E-state index in [2.05, 4.69) is 4.98 Å². The zero-order valence-electron chi connectivity index (χ0n) is 14.4. The zero-order chi connectivity index (χ0) is 17.3. The molecule has 0 saturated carbocycles. The Balaban J connectivity index is 1.87. The van der Waals surface area contributed by atoms with Gasteiger partial charge in [0.05, 0.1) is 18.7 Å². The van der Waals surface area contributed by atoms with Gasteiger partial charge >= 0.3 is 5.97 Å². The third kappa shape index (κ3) is 2.88. The van der Waals surface area contributed by atoms with Gasteiger partial charge < -0.3 is 9.64 Å². The lowest BCUT2D eigenvalue weighted by molar-refractivity contribution is -0.146. The maximum atomic E-state index is 13.1. The average molecular weight is 329 g/mol. The number of carbonyl (C=O) groups is 2. The van der Waals surface area contributed by atoms with Crippen molar-refractivity contribution in [3.05, 3.63) is 35.3 Å². The second-order valence-electron chi connectivity index (χ2n) is 6.28. The number of methoxy groups -OCH3 is 1. The van der Waals surface area contributed by atoms with Crippen LogP contribution in [-0.4, -0.2) is 46.4 Å². The van der Waals surface area contributed by atoms with Crippen LogP contribution >= 0.6 is 0 Å². The number of esters is 1. The number of nitrogens with zero attached hydrogens (tertiary/aromatic N) is 3. The van der Waals surface area contributed by atoms with E-state index in [4.69, 9.17) is 4.74 Å². The Morgan fingerprint density at radius 2 is 2.00 bits per heavy atom. The van der Waals surface area contributed by atoms with Crippen molar-refractivity contribution in [1.29, 1.82) is 0 Å². The summed E-state index contributed by atoms with van der Waals surface area (Å²) in [7, 11) is 1.41. The number of amides is 1. The molecule has 0 unspecified atom stereocenters. The lowest BCUT2D eigenvalue weighted by Gasteiger charge is -2.30. The standard InChI is InChI=1S/C18H23N3O3/c1-4-14-16(21-11-12(2)5-6-15(21)19-14)17(22)20-9-7-13(8-10-20)18(23)24-3/h5-6,11,13H,4,7-10H2,1-3H3. The van der Waals surface area contributed by atoms with Gasteiger partial charge in [0.2, 0.25) is 0 Å². The topological polar surface area (TPSA) is 63.9 Å². The fourth-order valence-corrected chi connectivity index (χ4v) is 3.31. The zero-order valence-corrected chi connectivity index (χ0v) is 14.4. The van der Waals surface area contributed by atoms with Crippen LogP contribution in [0.1, 0.15) is 41.5 Å². The molecular weight excluding hydrogens is 306 g/mol. The molecular formula is C18H23N3O3. The number of rotatable bonds is 3. The molecule has 2 aromatic heterocycles. The molecule has 0 aromatic carbocycles. The van der Waals surface area contributed by atoms with Gasteiger partial charge in [-0.15, -0.1) is 0 Å². The van der Waals surface area contributed by atoms with E-state index in [1.165, 1.54) is 7.11 Å². The second kappa shape index (κ2) is 6.63. The number of imidazole rings is 1. The summed E-state index contributed by atoms with van der Waals surface area (Å²) in [4.78, 5) is 31.1. The maximum absolute atomic E-state index is 13.1. The van der Waals surface area contributed by atoms with E-state index < -0.39 is 0 Å². The van der Waals surface area contributed by atoms with E-state index in [0.717, 1.165) is 16.9 Å². The number of ether oxygens (including phenoxy) is 1. The van der Waals surface area contributed by atoms with Crippen LogP contribution < -0.4 is 0 Å².